The average Bonchev–Trinajstić information content (AvgIpc) is 4.17. The van der Waals surface area contributed by atoms with Crippen LogP contribution in [0.1, 0.15) is 118 Å². The van der Waals surface area contributed by atoms with Gasteiger partial charge >= 0.3 is 24.3 Å². The Morgan fingerprint density at radius 3 is 1.18 bits per heavy atom. The summed E-state index contributed by atoms with van der Waals surface area (Å²) in [6, 6.07) is 38.1. The maximum Gasteiger partial charge on any atom is 0.434 e. The lowest BCUT2D eigenvalue weighted by Crippen LogP contribution is -2.19. The number of carbonyl (C=O) groups is 2. The van der Waals surface area contributed by atoms with Gasteiger partial charge in [-0.1, -0.05) is 96.1 Å². The minimum atomic E-state index is -4.93. The fourth-order valence-corrected chi connectivity index (χ4v) is 10.7. The van der Waals surface area contributed by atoms with Gasteiger partial charge in [-0.15, -0.1) is 0 Å². The Bertz CT molecular complexity index is 3200. The molecule has 8 aromatic rings. The van der Waals surface area contributed by atoms with Crippen molar-refractivity contribution >= 4 is 11.9 Å². The quantitative estimate of drug-likeness (QED) is 0.113. The molecule has 0 amide bonds. The van der Waals surface area contributed by atoms with Crippen LogP contribution >= 0.6 is 0 Å². The molecular formula is C60H56F6N6O6. The smallest absolute Gasteiger partial charge is 0.434 e. The Labute approximate surface area is 446 Å². The van der Waals surface area contributed by atoms with Crippen molar-refractivity contribution in [3.63, 3.8) is 0 Å². The number of hydrogen-bond acceptors (Lipinski definition) is 8. The van der Waals surface area contributed by atoms with E-state index in [0.29, 0.717) is 57.2 Å². The van der Waals surface area contributed by atoms with Crippen LogP contribution in [0.25, 0.3) is 56.4 Å². The molecule has 404 valence electrons. The SMILES string of the molecule is COC1CCC(c2ccc(-c3ccc(C)cc3-c3cccc(-n4ncc(C(=O)O)c4C(F)(F)F)n3)cc2)CC1.COC1CCC(c2ccc(-c3ccc(C)cc3-c3cccc(-n4ncc(C(=O)O)c4C(F)(F)F)n3)cc2)CC1. The van der Waals surface area contributed by atoms with Gasteiger partial charge in [-0.2, -0.15) is 36.5 Å². The van der Waals surface area contributed by atoms with Gasteiger partial charge in [0.1, 0.15) is 11.1 Å². The van der Waals surface area contributed by atoms with Crippen molar-refractivity contribution in [3.05, 3.63) is 178 Å². The number of alkyl halides is 6. The molecule has 2 N–H and O–H groups in total. The first-order valence-corrected chi connectivity index (χ1v) is 25.5. The molecule has 78 heavy (non-hydrogen) atoms. The third-order valence-electron chi connectivity index (χ3n) is 14.7. The molecule has 4 aromatic carbocycles. The van der Waals surface area contributed by atoms with Crippen molar-refractivity contribution in [2.75, 3.05) is 14.2 Å². The van der Waals surface area contributed by atoms with E-state index in [-0.39, 0.29) is 11.6 Å². The van der Waals surface area contributed by atoms with Crippen molar-refractivity contribution in [2.24, 2.45) is 0 Å². The second-order valence-corrected chi connectivity index (χ2v) is 19.8. The van der Waals surface area contributed by atoms with E-state index >= 15 is 0 Å². The van der Waals surface area contributed by atoms with E-state index in [1.54, 1.807) is 38.5 Å². The molecule has 0 aliphatic heterocycles. The minimum absolute atomic E-state index is 0.123. The normalized spacial score (nSPS) is 17.8. The Kier molecular flexibility index (Phi) is 16.1. The van der Waals surface area contributed by atoms with Gasteiger partial charge in [0, 0.05) is 25.3 Å². The van der Waals surface area contributed by atoms with Crippen LogP contribution in [0.2, 0.25) is 0 Å². The first-order valence-electron chi connectivity index (χ1n) is 25.5. The number of pyridine rings is 2. The minimum Gasteiger partial charge on any atom is -0.478 e. The number of aromatic carboxylic acids is 2. The predicted octanol–water partition coefficient (Wildman–Crippen LogP) is 14.6. The second kappa shape index (κ2) is 22.9. The van der Waals surface area contributed by atoms with Gasteiger partial charge < -0.3 is 19.7 Å². The Morgan fingerprint density at radius 1 is 0.500 bits per heavy atom. The molecule has 18 heteroatoms. The van der Waals surface area contributed by atoms with Gasteiger partial charge in [-0.05, 0) is 147 Å². The van der Waals surface area contributed by atoms with Gasteiger partial charge in [0.25, 0.3) is 0 Å². The third kappa shape index (κ3) is 11.9. The van der Waals surface area contributed by atoms with Gasteiger partial charge in [-0.3, -0.25) is 0 Å². The Morgan fingerprint density at radius 2 is 0.859 bits per heavy atom. The van der Waals surface area contributed by atoms with Crippen LogP contribution in [0, 0.1) is 13.8 Å². The van der Waals surface area contributed by atoms with Crippen LogP contribution in [-0.4, -0.2) is 78.1 Å². The van der Waals surface area contributed by atoms with Gasteiger partial charge in [0.15, 0.2) is 23.0 Å². The summed E-state index contributed by atoms with van der Waals surface area (Å²) in [5.74, 6) is -2.67. The molecule has 0 radical (unpaired) electrons. The lowest BCUT2D eigenvalue weighted by Gasteiger charge is -2.28. The topological polar surface area (TPSA) is 154 Å². The summed E-state index contributed by atoms with van der Waals surface area (Å²) in [6.07, 6.45) is 0.739. The molecule has 0 spiro atoms. The summed E-state index contributed by atoms with van der Waals surface area (Å²) in [4.78, 5) is 31.8. The third-order valence-corrected chi connectivity index (χ3v) is 14.7. The van der Waals surface area contributed by atoms with E-state index < -0.39 is 46.8 Å². The summed E-state index contributed by atoms with van der Waals surface area (Å²) in [7, 11) is 3.53. The van der Waals surface area contributed by atoms with Crippen LogP contribution in [0.3, 0.4) is 0 Å². The van der Waals surface area contributed by atoms with Crippen LogP contribution in [0.4, 0.5) is 26.3 Å². The Balaban J connectivity index is 0.000000190. The summed E-state index contributed by atoms with van der Waals surface area (Å²) < 4.78 is 94.8. The standard InChI is InChI=1S/2C30H28F3N3O3/c2*1-18-6-15-23(21-9-7-19(8-10-21)20-11-13-22(39-2)14-12-20)24(16-18)26-4-3-5-27(35-26)36-28(30(31,32)33)25(17-34-36)29(37)38/h2*3-10,15-17,20,22H,11-14H2,1-2H3,(H,37,38). The van der Waals surface area contributed by atoms with Crippen molar-refractivity contribution in [3.8, 4) is 56.4 Å². The molecule has 4 heterocycles. The van der Waals surface area contributed by atoms with Crippen molar-refractivity contribution in [1.82, 2.24) is 29.5 Å². The number of rotatable bonds is 12. The first-order chi connectivity index (χ1) is 37.3. The zero-order valence-corrected chi connectivity index (χ0v) is 43.1. The lowest BCUT2D eigenvalue weighted by molar-refractivity contribution is -0.144. The molecule has 2 aliphatic carbocycles. The number of nitrogens with zero attached hydrogens (tertiary/aromatic N) is 6. The summed E-state index contributed by atoms with van der Waals surface area (Å²) in [6.45, 7) is 3.87. The van der Waals surface area contributed by atoms with Crippen molar-refractivity contribution in [1.29, 1.82) is 0 Å². The molecule has 0 atom stereocenters. The highest BCUT2D eigenvalue weighted by molar-refractivity contribution is 5.90. The van der Waals surface area contributed by atoms with Crippen LogP contribution < -0.4 is 0 Å². The molecule has 0 unspecified atom stereocenters. The zero-order valence-electron chi connectivity index (χ0n) is 43.1. The zero-order chi connectivity index (χ0) is 55.5. The number of carboxylic acids is 2. The molecule has 10 rings (SSSR count). The highest BCUT2D eigenvalue weighted by Crippen LogP contribution is 2.41. The lowest BCUT2D eigenvalue weighted by atomic mass is 9.82. The molecule has 4 aromatic heterocycles. The van der Waals surface area contributed by atoms with Crippen molar-refractivity contribution in [2.45, 2.75) is 102 Å². The number of hydrogen-bond donors (Lipinski definition) is 2. The first kappa shape index (κ1) is 54.8. The predicted molar refractivity (Wildman–Crippen MR) is 282 cm³/mol. The van der Waals surface area contributed by atoms with Gasteiger partial charge in [0.05, 0.1) is 36.0 Å². The number of halogens is 6. The van der Waals surface area contributed by atoms with Crippen molar-refractivity contribution < 1.29 is 55.6 Å². The number of methoxy groups -OCH3 is 2. The molecule has 2 saturated carbocycles. The largest absolute Gasteiger partial charge is 0.478 e. The monoisotopic (exact) mass is 1070 g/mol. The van der Waals surface area contributed by atoms with E-state index in [1.807, 2.05) is 50.2 Å². The van der Waals surface area contributed by atoms with Crippen LogP contribution in [0.15, 0.2) is 134 Å². The highest BCUT2D eigenvalue weighted by Gasteiger charge is 2.42. The van der Waals surface area contributed by atoms with E-state index in [4.69, 9.17) is 9.47 Å². The molecule has 12 nitrogen and oxygen atoms in total. The number of benzene rings is 4. The Hall–Kier alpha value is -7.96. The maximum absolute atomic E-state index is 13.8. The molecule has 0 bridgehead atoms. The van der Waals surface area contributed by atoms with E-state index in [2.05, 4.69) is 68.7 Å². The average molecular weight is 1070 g/mol. The van der Waals surface area contributed by atoms with Crippen LogP contribution in [0.5, 0.6) is 0 Å². The number of aromatic nitrogens is 6. The van der Waals surface area contributed by atoms with E-state index in [0.717, 1.165) is 95.9 Å². The fourth-order valence-electron chi connectivity index (χ4n) is 10.7. The van der Waals surface area contributed by atoms with E-state index in [1.165, 1.54) is 23.3 Å². The summed E-state index contributed by atoms with van der Waals surface area (Å²) in [5, 5.41) is 26.0. The number of carboxylic acid groups (broad SMARTS) is 2. The highest BCUT2D eigenvalue weighted by atomic mass is 19.4. The molecule has 2 aliphatic rings. The summed E-state index contributed by atoms with van der Waals surface area (Å²) in [5.41, 5.74) is 6.03. The van der Waals surface area contributed by atoms with Gasteiger partial charge in [-0.25, -0.2) is 28.9 Å². The fraction of sp³-hybridized carbons (Fsp3) is 0.300. The number of aryl methyl sites for hydroxylation is 2. The van der Waals surface area contributed by atoms with Crippen LogP contribution in [-0.2, 0) is 21.8 Å². The maximum atomic E-state index is 13.8. The molecule has 0 saturated heterocycles. The molecule has 2 fully saturated rings. The molecular weight excluding hydrogens is 1010 g/mol. The van der Waals surface area contributed by atoms with Gasteiger partial charge in [0.2, 0.25) is 0 Å². The second-order valence-electron chi connectivity index (χ2n) is 19.8. The summed E-state index contributed by atoms with van der Waals surface area (Å²) >= 11 is 0. The van der Waals surface area contributed by atoms with E-state index in [9.17, 15) is 46.1 Å². The number of ether oxygens (including phenoxy) is 2.